The Morgan fingerprint density at radius 2 is 2.24 bits per heavy atom. The maximum absolute atomic E-state index is 6.06. The summed E-state index contributed by atoms with van der Waals surface area (Å²) in [5.74, 6) is 1.91. The molecule has 3 rings (SSSR count). The minimum absolute atomic E-state index is 0.749. The van der Waals surface area contributed by atoms with Gasteiger partial charge in [0.25, 0.3) is 0 Å². The molecule has 0 amide bonds. The predicted molar refractivity (Wildman–Crippen MR) is 103 cm³/mol. The smallest absolute Gasteiger partial charge is 0.193 e. The van der Waals surface area contributed by atoms with Crippen molar-refractivity contribution in [2.45, 2.75) is 19.4 Å². The van der Waals surface area contributed by atoms with E-state index < -0.39 is 0 Å². The van der Waals surface area contributed by atoms with Crippen LogP contribution < -0.4 is 10.1 Å². The van der Waals surface area contributed by atoms with Gasteiger partial charge >= 0.3 is 0 Å². The summed E-state index contributed by atoms with van der Waals surface area (Å²) in [5.41, 5.74) is 3.79. The van der Waals surface area contributed by atoms with Gasteiger partial charge in [0.15, 0.2) is 5.96 Å². The minimum atomic E-state index is 0.749. The third-order valence-corrected chi connectivity index (χ3v) is 4.70. The van der Waals surface area contributed by atoms with E-state index in [9.17, 15) is 0 Å². The third kappa shape index (κ3) is 4.28. The average Bonchev–Trinajstić information content (AvgIpc) is 3.17. The fourth-order valence-electron chi connectivity index (χ4n) is 3.14. The number of fused-ring (bicyclic) bond motifs is 1. The highest BCUT2D eigenvalue weighted by atomic mass is 35.5. The van der Waals surface area contributed by atoms with Gasteiger partial charge in [-0.3, -0.25) is 4.99 Å². The number of hydrogen-bond acceptors (Lipinski definition) is 2. The molecule has 0 unspecified atom stereocenters. The van der Waals surface area contributed by atoms with Crippen LogP contribution in [0.25, 0.3) is 0 Å². The zero-order chi connectivity index (χ0) is 17.8. The Balaban J connectivity index is 1.53. The van der Waals surface area contributed by atoms with Gasteiger partial charge in [-0.15, -0.1) is 0 Å². The fourth-order valence-corrected chi connectivity index (χ4v) is 3.41. The SMILES string of the molecule is CN=C(NCCc1ccc2c(c1)CCO2)N(C)Cc1cc(Cl)cn1C. The first kappa shape index (κ1) is 17.7. The van der Waals surface area contributed by atoms with Crippen molar-refractivity contribution in [3.8, 4) is 5.75 Å². The van der Waals surface area contributed by atoms with Crippen LogP contribution in [0.1, 0.15) is 16.8 Å². The summed E-state index contributed by atoms with van der Waals surface area (Å²) >= 11 is 6.06. The molecule has 1 aliphatic rings. The Kier molecular flexibility index (Phi) is 5.53. The summed E-state index contributed by atoms with van der Waals surface area (Å²) in [6, 6.07) is 8.46. The lowest BCUT2D eigenvalue weighted by molar-refractivity contribution is 0.357. The number of aryl methyl sites for hydroxylation is 1. The summed E-state index contributed by atoms with van der Waals surface area (Å²) in [5, 5.41) is 4.19. The van der Waals surface area contributed by atoms with Crippen LogP contribution in [0.2, 0.25) is 5.02 Å². The summed E-state index contributed by atoms with van der Waals surface area (Å²) in [6.45, 7) is 2.39. The number of nitrogens with one attached hydrogen (secondary N) is 1. The number of nitrogens with zero attached hydrogens (tertiary/aromatic N) is 3. The van der Waals surface area contributed by atoms with Gasteiger partial charge in [0.05, 0.1) is 18.2 Å². The molecule has 1 aromatic carbocycles. The molecular formula is C19H25ClN4O. The molecular weight excluding hydrogens is 336 g/mol. The molecule has 1 N–H and O–H groups in total. The molecule has 2 heterocycles. The molecule has 5 nitrogen and oxygen atoms in total. The van der Waals surface area contributed by atoms with E-state index in [4.69, 9.17) is 16.3 Å². The maximum atomic E-state index is 6.06. The van der Waals surface area contributed by atoms with Crippen LogP contribution >= 0.6 is 11.6 Å². The molecule has 0 bridgehead atoms. The van der Waals surface area contributed by atoms with Crippen LogP contribution in [0.4, 0.5) is 0 Å². The highest BCUT2D eigenvalue weighted by Crippen LogP contribution is 2.25. The van der Waals surface area contributed by atoms with Crippen LogP contribution in [-0.4, -0.2) is 42.7 Å². The highest BCUT2D eigenvalue weighted by molar-refractivity contribution is 6.30. The van der Waals surface area contributed by atoms with E-state index in [2.05, 4.69) is 33.4 Å². The summed E-state index contributed by atoms with van der Waals surface area (Å²) in [4.78, 5) is 6.48. The van der Waals surface area contributed by atoms with Crippen molar-refractivity contribution in [2.75, 3.05) is 27.2 Å². The minimum Gasteiger partial charge on any atom is -0.493 e. The Hall–Kier alpha value is -2.14. The lowest BCUT2D eigenvalue weighted by atomic mass is 10.1. The number of ether oxygens (including phenoxy) is 1. The van der Waals surface area contributed by atoms with Gasteiger partial charge in [-0.05, 0) is 29.7 Å². The van der Waals surface area contributed by atoms with Crippen molar-refractivity contribution >= 4 is 17.6 Å². The first-order valence-corrected chi connectivity index (χ1v) is 8.91. The molecule has 25 heavy (non-hydrogen) atoms. The first-order chi connectivity index (χ1) is 12.1. The number of rotatable bonds is 5. The lowest BCUT2D eigenvalue weighted by Gasteiger charge is -2.22. The Morgan fingerprint density at radius 1 is 1.40 bits per heavy atom. The number of hydrogen-bond donors (Lipinski definition) is 1. The third-order valence-electron chi connectivity index (χ3n) is 4.50. The van der Waals surface area contributed by atoms with Crippen LogP contribution in [0.3, 0.4) is 0 Å². The summed E-state index contributed by atoms with van der Waals surface area (Å²) in [7, 11) is 5.84. The van der Waals surface area contributed by atoms with Gasteiger partial charge in [-0.25, -0.2) is 0 Å². The maximum Gasteiger partial charge on any atom is 0.193 e. The zero-order valence-electron chi connectivity index (χ0n) is 15.1. The van der Waals surface area contributed by atoms with Crippen molar-refractivity contribution in [3.05, 3.63) is 52.3 Å². The van der Waals surface area contributed by atoms with E-state index in [0.29, 0.717) is 0 Å². The molecule has 134 valence electrons. The highest BCUT2D eigenvalue weighted by Gasteiger charge is 2.12. The van der Waals surface area contributed by atoms with E-state index >= 15 is 0 Å². The molecule has 0 aliphatic carbocycles. The Labute approximate surface area is 154 Å². The summed E-state index contributed by atoms with van der Waals surface area (Å²) < 4.78 is 7.60. The van der Waals surface area contributed by atoms with Crippen LogP contribution in [-0.2, 0) is 26.4 Å². The van der Waals surface area contributed by atoms with Gasteiger partial charge in [0.2, 0.25) is 0 Å². The van der Waals surface area contributed by atoms with Crippen molar-refractivity contribution in [1.29, 1.82) is 0 Å². The van der Waals surface area contributed by atoms with Gasteiger partial charge in [0.1, 0.15) is 5.75 Å². The monoisotopic (exact) mass is 360 g/mol. The first-order valence-electron chi connectivity index (χ1n) is 8.54. The molecule has 0 saturated heterocycles. The number of halogens is 1. The van der Waals surface area contributed by atoms with Crippen LogP contribution in [0.15, 0.2) is 35.5 Å². The topological polar surface area (TPSA) is 41.8 Å². The lowest BCUT2D eigenvalue weighted by Crippen LogP contribution is -2.39. The van der Waals surface area contributed by atoms with Crippen molar-refractivity contribution in [1.82, 2.24) is 14.8 Å². The largest absolute Gasteiger partial charge is 0.493 e. The van der Waals surface area contributed by atoms with Crippen molar-refractivity contribution in [3.63, 3.8) is 0 Å². The second-order valence-corrected chi connectivity index (χ2v) is 6.82. The number of aromatic nitrogens is 1. The Morgan fingerprint density at radius 3 is 2.96 bits per heavy atom. The molecule has 6 heteroatoms. The second kappa shape index (κ2) is 7.83. The summed E-state index contributed by atoms with van der Waals surface area (Å²) in [6.07, 6.45) is 3.88. The van der Waals surface area contributed by atoms with Gasteiger partial charge in [0, 0.05) is 46.0 Å². The predicted octanol–water partition coefficient (Wildman–Crippen LogP) is 2.86. The quantitative estimate of drug-likeness (QED) is 0.658. The molecule has 1 aromatic heterocycles. The van der Waals surface area contributed by atoms with Crippen LogP contribution in [0, 0.1) is 0 Å². The van der Waals surface area contributed by atoms with Crippen molar-refractivity contribution < 1.29 is 4.74 Å². The van der Waals surface area contributed by atoms with Gasteiger partial charge in [-0.2, -0.15) is 0 Å². The molecule has 0 atom stereocenters. The second-order valence-electron chi connectivity index (χ2n) is 6.38. The standard InChI is InChI=1S/C19H25ClN4O/c1-21-19(24(3)13-17-11-16(20)12-23(17)2)22-8-6-14-4-5-18-15(10-14)7-9-25-18/h4-5,10-12H,6-9,13H2,1-3H3,(H,21,22). The van der Waals surface area contributed by atoms with E-state index in [1.807, 2.05) is 38.0 Å². The van der Waals surface area contributed by atoms with E-state index in [1.165, 1.54) is 11.1 Å². The molecule has 0 radical (unpaired) electrons. The fraction of sp³-hybridized carbons (Fsp3) is 0.421. The van der Waals surface area contributed by atoms with Gasteiger partial charge in [-0.1, -0.05) is 23.7 Å². The normalized spacial score (nSPS) is 13.5. The average molecular weight is 361 g/mol. The van der Waals surface area contributed by atoms with Crippen molar-refractivity contribution in [2.24, 2.45) is 12.0 Å². The zero-order valence-corrected chi connectivity index (χ0v) is 15.8. The molecule has 0 spiro atoms. The molecule has 1 aliphatic heterocycles. The number of aliphatic imine (C=N–C) groups is 1. The molecule has 2 aromatic rings. The van der Waals surface area contributed by atoms with E-state index in [1.54, 1.807) is 0 Å². The molecule has 0 fully saturated rings. The molecule has 0 saturated carbocycles. The van der Waals surface area contributed by atoms with E-state index in [-0.39, 0.29) is 0 Å². The Bertz CT molecular complexity index is 769. The number of benzene rings is 1. The van der Waals surface area contributed by atoms with Crippen LogP contribution in [0.5, 0.6) is 5.75 Å². The van der Waals surface area contributed by atoms with Gasteiger partial charge < -0.3 is 19.5 Å². The number of guanidine groups is 1. The van der Waals surface area contributed by atoms with E-state index in [0.717, 1.165) is 55.0 Å².